The van der Waals surface area contributed by atoms with Crippen molar-refractivity contribution in [2.24, 2.45) is 0 Å². The Morgan fingerprint density at radius 1 is 0.857 bits per heavy atom. The standard InChI is InChI=1S/C16H9Cl2FN2/c17-14-9-20-16(18)21-15(14)12-3-1-2-11(8-12)10-4-6-13(19)7-5-10/h1-9H. The van der Waals surface area contributed by atoms with Crippen molar-refractivity contribution in [3.63, 3.8) is 0 Å². The molecule has 0 fully saturated rings. The minimum Gasteiger partial charge on any atom is -0.225 e. The first kappa shape index (κ1) is 14.0. The van der Waals surface area contributed by atoms with Gasteiger partial charge in [0.1, 0.15) is 5.82 Å². The largest absolute Gasteiger partial charge is 0.225 e. The SMILES string of the molecule is Fc1ccc(-c2cccc(-c3nc(Cl)ncc3Cl)c2)cc1. The van der Waals surface area contributed by atoms with E-state index in [1.54, 1.807) is 12.1 Å². The molecule has 1 heterocycles. The molecule has 0 radical (unpaired) electrons. The maximum atomic E-state index is 13.0. The molecule has 0 saturated carbocycles. The molecule has 0 saturated heterocycles. The Morgan fingerprint density at radius 2 is 1.57 bits per heavy atom. The van der Waals surface area contributed by atoms with Crippen molar-refractivity contribution in [3.8, 4) is 22.4 Å². The van der Waals surface area contributed by atoms with Crippen LogP contribution in [0.2, 0.25) is 10.3 Å². The van der Waals surface area contributed by atoms with Gasteiger partial charge in [0.05, 0.1) is 16.9 Å². The second-order valence-corrected chi connectivity index (χ2v) is 5.17. The number of hydrogen-bond donors (Lipinski definition) is 0. The molecule has 0 amide bonds. The fourth-order valence-electron chi connectivity index (χ4n) is 2.04. The Kier molecular flexibility index (Phi) is 3.86. The van der Waals surface area contributed by atoms with Gasteiger partial charge in [-0.3, -0.25) is 0 Å². The van der Waals surface area contributed by atoms with Gasteiger partial charge in [0.15, 0.2) is 0 Å². The van der Waals surface area contributed by atoms with Crippen LogP contribution in [0.4, 0.5) is 4.39 Å². The first-order chi connectivity index (χ1) is 10.1. The van der Waals surface area contributed by atoms with Crippen LogP contribution in [0, 0.1) is 5.82 Å². The van der Waals surface area contributed by atoms with Crippen molar-refractivity contribution in [2.45, 2.75) is 0 Å². The van der Waals surface area contributed by atoms with Gasteiger partial charge in [-0.2, -0.15) is 0 Å². The highest BCUT2D eigenvalue weighted by Crippen LogP contribution is 2.30. The van der Waals surface area contributed by atoms with E-state index in [-0.39, 0.29) is 11.1 Å². The van der Waals surface area contributed by atoms with Crippen molar-refractivity contribution in [3.05, 3.63) is 70.9 Å². The van der Waals surface area contributed by atoms with Crippen molar-refractivity contribution in [2.75, 3.05) is 0 Å². The minimum atomic E-state index is -0.263. The fraction of sp³-hybridized carbons (Fsp3) is 0. The first-order valence-corrected chi connectivity index (χ1v) is 6.93. The van der Waals surface area contributed by atoms with Gasteiger partial charge < -0.3 is 0 Å². The molecule has 2 aromatic carbocycles. The molecule has 0 spiro atoms. The number of halogens is 3. The molecule has 21 heavy (non-hydrogen) atoms. The van der Waals surface area contributed by atoms with E-state index in [4.69, 9.17) is 23.2 Å². The number of rotatable bonds is 2. The predicted octanol–water partition coefficient (Wildman–Crippen LogP) is 5.26. The van der Waals surface area contributed by atoms with Crippen molar-refractivity contribution < 1.29 is 4.39 Å². The van der Waals surface area contributed by atoms with Crippen LogP contribution in [0.15, 0.2) is 54.7 Å². The average Bonchev–Trinajstić information content (AvgIpc) is 2.50. The smallest absolute Gasteiger partial charge is 0.222 e. The Bertz CT molecular complexity index is 789. The maximum absolute atomic E-state index is 13.0. The third kappa shape index (κ3) is 3.04. The van der Waals surface area contributed by atoms with Gasteiger partial charge in [-0.1, -0.05) is 41.9 Å². The molecule has 0 aliphatic carbocycles. The third-order valence-corrected chi connectivity index (χ3v) is 3.49. The van der Waals surface area contributed by atoms with Gasteiger partial charge in [-0.15, -0.1) is 0 Å². The summed E-state index contributed by atoms with van der Waals surface area (Å²) in [5.74, 6) is -0.263. The summed E-state index contributed by atoms with van der Waals surface area (Å²) in [6.45, 7) is 0. The molecule has 0 N–H and O–H groups in total. The van der Waals surface area contributed by atoms with E-state index in [0.717, 1.165) is 16.7 Å². The molecule has 1 aromatic heterocycles. The van der Waals surface area contributed by atoms with Crippen LogP contribution in [-0.4, -0.2) is 9.97 Å². The van der Waals surface area contributed by atoms with E-state index in [1.807, 2.05) is 24.3 Å². The number of aromatic nitrogens is 2. The molecule has 5 heteroatoms. The maximum Gasteiger partial charge on any atom is 0.222 e. The molecule has 0 aliphatic rings. The van der Waals surface area contributed by atoms with Crippen molar-refractivity contribution in [1.82, 2.24) is 9.97 Å². The molecule has 3 aromatic rings. The summed E-state index contributed by atoms with van der Waals surface area (Å²) in [5.41, 5.74) is 3.25. The average molecular weight is 319 g/mol. The number of nitrogens with zero attached hydrogens (tertiary/aromatic N) is 2. The molecule has 2 nitrogen and oxygen atoms in total. The molecule has 3 rings (SSSR count). The van der Waals surface area contributed by atoms with Crippen molar-refractivity contribution in [1.29, 1.82) is 0 Å². The lowest BCUT2D eigenvalue weighted by Crippen LogP contribution is -1.89. The minimum absolute atomic E-state index is 0.140. The van der Waals surface area contributed by atoms with Crippen LogP contribution in [0.1, 0.15) is 0 Å². The second kappa shape index (κ2) is 5.80. The highest BCUT2D eigenvalue weighted by Gasteiger charge is 2.08. The monoisotopic (exact) mass is 318 g/mol. The van der Waals surface area contributed by atoms with Crippen LogP contribution in [0.5, 0.6) is 0 Å². The summed E-state index contributed by atoms with van der Waals surface area (Å²) in [4.78, 5) is 7.99. The molecule has 0 aliphatic heterocycles. The molecule has 104 valence electrons. The van der Waals surface area contributed by atoms with E-state index in [0.29, 0.717) is 10.7 Å². The topological polar surface area (TPSA) is 25.8 Å². The highest BCUT2D eigenvalue weighted by molar-refractivity contribution is 6.33. The summed E-state index contributed by atoms with van der Waals surface area (Å²) in [6.07, 6.45) is 1.47. The van der Waals surface area contributed by atoms with Gasteiger partial charge in [0, 0.05) is 5.56 Å². The number of hydrogen-bond acceptors (Lipinski definition) is 2. The summed E-state index contributed by atoms with van der Waals surface area (Å²) in [5, 5.41) is 0.567. The number of benzene rings is 2. The van der Waals surface area contributed by atoms with Crippen LogP contribution in [-0.2, 0) is 0 Å². The zero-order valence-electron chi connectivity index (χ0n) is 10.7. The van der Waals surface area contributed by atoms with Gasteiger partial charge >= 0.3 is 0 Å². The van der Waals surface area contributed by atoms with Crippen LogP contribution in [0.25, 0.3) is 22.4 Å². The Hall–Kier alpha value is -1.97. The van der Waals surface area contributed by atoms with Gasteiger partial charge in [0.25, 0.3) is 0 Å². The van der Waals surface area contributed by atoms with Crippen LogP contribution < -0.4 is 0 Å². The summed E-state index contributed by atoms with van der Waals surface area (Å²) in [7, 11) is 0. The van der Waals surface area contributed by atoms with E-state index in [2.05, 4.69) is 9.97 Å². The van der Waals surface area contributed by atoms with E-state index >= 15 is 0 Å². The predicted molar refractivity (Wildman–Crippen MR) is 82.9 cm³/mol. The Morgan fingerprint density at radius 3 is 2.33 bits per heavy atom. The Balaban J connectivity index is 2.08. The first-order valence-electron chi connectivity index (χ1n) is 6.18. The van der Waals surface area contributed by atoms with Gasteiger partial charge in [-0.25, -0.2) is 14.4 Å². The third-order valence-electron chi connectivity index (χ3n) is 3.03. The Labute approximate surface area is 131 Å². The summed E-state index contributed by atoms with van der Waals surface area (Å²) < 4.78 is 13.0. The molecular weight excluding hydrogens is 310 g/mol. The summed E-state index contributed by atoms with van der Waals surface area (Å²) >= 11 is 11.9. The van der Waals surface area contributed by atoms with E-state index < -0.39 is 0 Å². The molecule has 0 atom stereocenters. The zero-order valence-corrected chi connectivity index (χ0v) is 12.2. The van der Waals surface area contributed by atoms with Crippen molar-refractivity contribution >= 4 is 23.2 Å². The quantitative estimate of drug-likeness (QED) is 0.602. The second-order valence-electron chi connectivity index (χ2n) is 4.42. The lowest BCUT2D eigenvalue weighted by molar-refractivity contribution is 0.628. The van der Waals surface area contributed by atoms with Crippen LogP contribution in [0.3, 0.4) is 0 Å². The fourth-order valence-corrected chi connectivity index (χ4v) is 2.37. The normalized spacial score (nSPS) is 10.6. The zero-order chi connectivity index (χ0) is 14.8. The molecular formula is C16H9Cl2FN2. The highest BCUT2D eigenvalue weighted by atomic mass is 35.5. The van der Waals surface area contributed by atoms with E-state index in [9.17, 15) is 4.39 Å². The molecule has 0 bridgehead atoms. The van der Waals surface area contributed by atoms with Gasteiger partial charge in [-0.05, 0) is 40.9 Å². The molecule has 0 unspecified atom stereocenters. The lowest BCUT2D eigenvalue weighted by atomic mass is 10.0. The van der Waals surface area contributed by atoms with E-state index in [1.165, 1.54) is 18.3 Å². The van der Waals surface area contributed by atoms with Gasteiger partial charge in [0.2, 0.25) is 5.28 Å². The summed E-state index contributed by atoms with van der Waals surface area (Å²) in [6, 6.07) is 13.9. The lowest BCUT2D eigenvalue weighted by Gasteiger charge is -2.07. The van der Waals surface area contributed by atoms with Crippen LogP contribution >= 0.6 is 23.2 Å².